The number of esters is 1. The lowest BCUT2D eigenvalue weighted by molar-refractivity contribution is -0.136. The highest BCUT2D eigenvalue weighted by atomic mass is 16.5. The third-order valence-corrected chi connectivity index (χ3v) is 2.20. The zero-order chi connectivity index (χ0) is 9.68. The molecule has 0 saturated carbocycles. The van der Waals surface area contributed by atoms with Gasteiger partial charge in [-0.15, -0.1) is 0 Å². The number of hydrogen-bond donors (Lipinski definition) is 0. The van der Waals surface area contributed by atoms with Gasteiger partial charge in [0.2, 0.25) is 0 Å². The van der Waals surface area contributed by atoms with Crippen LogP contribution in [0, 0.1) is 0 Å². The van der Waals surface area contributed by atoms with Crippen LogP contribution in [0.5, 0.6) is 0 Å². The van der Waals surface area contributed by atoms with E-state index in [-0.39, 0.29) is 5.97 Å². The zero-order valence-electron chi connectivity index (χ0n) is 8.21. The Bertz CT molecular complexity index is 208. The van der Waals surface area contributed by atoms with E-state index < -0.39 is 0 Å². The summed E-state index contributed by atoms with van der Waals surface area (Å²) in [6, 6.07) is 0. The van der Waals surface area contributed by atoms with E-state index in [4.69, 9.17) is 4.74 Å². The third kappa shape index (κ3) is 2.76. The molecule has 0 aliphatic carbocycles. The van der Waals surface area contributed by atoms with Gasteiger partial charge in [-0.25, -0.2) is 4.79 Å². The molecule has 0 aromatic carbocycles. The first-order valence-corrected chi connectivity index (χ1v) is 4.70. The Morgan fingerprint density at radius 2 is 2.54 bits per heavy atom. The second-order valence-corrected chi connectivity index (χ2v) is 3.22. The molecule has 1 atom stereocenters. The van der Waals surface area contributed by atoms with Gasteiger partial charge in [0, 0.05) is 0 Å². The fourth-order valence-electron chi connectivity index (χ4n) is 1.44. The van der Waals surface area contributed by atoms with E-state index in [1.165, 1.54) is 7.11 Å². The first-order chi connectivity index (χ1) is 6.27. The molecule has 0 N–H and O–H groups in total. The van der Waals surface area contributed by atoms with Crippen molar-refractivity contribution in [1.29, 1.82) is 0 Å². The number of carbonyl (C=O) groups is 1. The van der Waals surface area contributed by atoms with Gasteiger partial charge in [-0.05, 0) is 19.3 Å². The van der Waals surface area contributed by atoms with Crippen molar-refractivity contribution in [3.8, 4) is 0 Å². The van der Waals surface area contributed by atoms with Gasteiger partial charge in [0.15, 0.2) is 0 Å². The molecule has 1 unspecified atom stereocenters. The van der Waals surface area contributed by atoms with Crippen molar-refractivity contribution in [1.82, 2.24) is 0 Å². The van der Waals surface area contributed by atoms with Crippen LogP contribution in [0.1, 0.15) is 32.6 Å². The fourth-order valence-corrected chi connectivity index (χ4v) is 1.44. The standard InChI is InChI=1S/C10H16O3/c1-3-4-9-6-5-8(7-13-9)10(11)12-2/h7,9H,3-6H2,1-2H3. The summed E-state index contributed by atoms with van der Waals surface area (Å²) in [4.78, 5) is 11.1. The van der Waals surface area contributed by atoms with E-state index >= 15 is 0 Å². The summed E-state index contributed by atoms with van der Waals surface area (Å²) in [7, 11) is 1.39. The van der Waals surface area contributed by atoms with Crippen molar-refractivity contribution in [3.05, 3.63) is 11.8 Å². The highest BCUT2D eigenvalue weighted by Gasteiger charge is 2.19. The highest BCUT2D eigenvalue weighted by molar-refractivity contribution is 5.88. The topological polar surface area (TPSA) is 35.5 Å². The average Bonchev–Trinajstić information content (AvgIpc) is 2.18. The van der Waals surface area contributed by atoms with Crippen LogP contribution in [0.2, 0.25) is 0 Å². The van der Waals surface area contributed by atoms with E-state index in [2.05, 4.69) is 11.7 Å². The summed E-state index contributed by atoms with van der Waals surface area (Å²) >= 11 is 0. The quantitative estimate of drug-likeness (QED) is 0.629. The van der Waals surface area contributed by atoms with E-state index in [0.717, 1.165) is 25.7 Å². The first-order valence-electron chi connectivity index (χ1n) is 4.70. The van der Waals surface area contributed by atoms with Crippen LogP contribution < -0.4 is 0 Å². The molecule has 1 aliphatic heterocycles. The van der Waals surface area contributed by atoms with Gasteiger partial charge in [0.1, 0.15) is 0 Å². The molecule has 0 amide bonds. The van der Waals surface area contributed by atoms with Crippen LogP contribution in [-0.2, 0) is 14.3 Å². The van der Waals surface area contributed by atoms with Crippen LogP contribution in [-0.4, -0.2) is 19.2 Å². The van der Waals surface area contributed by atoms with Crippen molar-refractivity contribution in [3.63, 3.8) is 0 Å². The molecule has 3 nitrogen and oxygen atoms in total. The Hall–Kier alpha value is -0.990. The van der Waals surface area contributed by atoms with Gasteiger partial charge in [-0.3, -0.25) is 0 Å². The number of methoxy groups -OCH3 is 1. The lowest BCUT2D eigenvalue weighted by atomic mass is 10.0. The number of carbonyl (C=O) groups excluding carboxylic acids is 1. The molecule has 0 bridgehead atoms. The van der Waals surface area contributed by atoms with Crippen LogP contribution in [0.15, 0.2) is 11.8 Å². The highest BCUT2D eigenvalue weighted by Crippen LogP contribution is 2.21. The zero-order valence-corrected chi connectivity index (χ0v) is 8.21. The molecule has 1 heterocycles. The van der Waals surface area contributed by atoms with E-state index in [1.807, 2.05) is 0 Å². The van der Waals surface area contributed by atoms with Crippen LogP contribution in [0.25, 0.3) is 0 Å². The van der Waals surface area contributed by atoms with Crippen LogP contribution >= 0.6 is 0 Å². The number of ether oxygens (including phenoxy) is 2. The lowest BCUT2D eigenvalue weighted by Crippen LogP contribution is -2.18. The Labute approximate surface area is 78.7 Å². The predicted octanol–water partition coefficient (Wildman–Crippen LogP) is 2.02. The molecule has 3 heteroatoms. The Balaban J connectivity index is 2.43. The summed E-state index contributed by atoms with van der Waals surface area (Å²) in [6.45, 7) is 2.13. The number of hydrogen-bond acceptors (Lipinski definition) is 3. The summed E-state index contributed by atoms with van der Waals surface area (Å²) in [5.74, 6) is -0.269. The van der Waals surface area contributed by atoms with E-state index in [0.29, 0.717) is 11.7 Å². The summed E-state index contributed by atoms with van der Waals surface area (Å²) < 4.78 is 9.99. The van der Waals surface area contributed by atoms with Gasteiger partial charge < -0.3 is 9.47 Å². The summed E-state index contributed by atoms with van der Waals surface area (Å²) in [5.41, 5.74) is 0.648. The monoisotopic (exact) mass is 184 g/mol. The first kappa shape index (κ1) is 10.1. The molecule has 1 aliphatic rings. The largest absolute Gasteiger partial charge is 0.497 e. The molecule has 13 heavy (non-hydrogen) atoms. The summed E-state index contributed by atoms with van der Waals surface area (Å²) in [5, 5.41) is 0. The van der Waals surface area contributed by atoms with Crippen LogP contribution in [0.3, 0.4) is 0 Å². The molecule has 0 fully saturated rings. The second-order valence-electron chi connectivity index (χ2n) is 3.22. The maximum Gasteiger partial charge on any atom is 0.336 e. The molecule has 0 radical (unpaired) electrons. The summed E-state index contributed by atoms with van der Waals surface area (Å²) in [6.07, 6.45) is 5.72. The minimum atomic E-state index is -0.269. The smallest absolute Gasteiger partial charge is 0.336 e. The van der Waals surface area contributed by atoms with Crippen molar-refractivity contribution in [2.45, 2.75) is 38.7 Å². The van der Waals surface area contributed by atoms with Crippen molar-refractivity contribution < 1.29 is 14.3 Å². The minimum Gasteiger partial charge on any atom is -0.497 e. The SMILES string of the molecule is CCCC1CCC(C(=O)OC)=CO1. The molecular formula is C10H16O3. The van der Waals surface area contributed by atoms with Gasteiger partial charge in [0.05, 0.1) is 25.0 Å². The minimum absolute atomic E-state index is 0.269. The lowest BCUT2D eigenvalue weighted by Gasteiger charge is -2.21. The Morgan fingerprint density at radius 3 is 3.00 bits per heavy atom. The molecule has 0 spiro atoms. The molecular weight excluding hydrogens is 168 g/mol. The average molecular weight is 184 g/mol. The van der Waals surface area contributed by atoms with Gasteiger partial charge in [-0.2, -0.15) is 0 Å². The number of rotatable bonds is 3. The molecule has 74 valence electrons. The molecule has 0 aromatic heterocycles. The van der Waals surface area contributed by atoms with E-state index in [1.54, 1.807) is 6.26 Å². The maximum absolute atomic E-state index is 11.1. The van der Waals surface area contributed by atoms with E-state index in [9.17, 15) is 4.79 Å². The molecule has 1 rings (SSSR count). The van der Waals surface area contributed by atoms with Crippen molar-refractivity contribution in [2.24, 2.45) is 0 Å². The van der Waals surface area contributed by atoms with Gasteiger partial charge in [-0.1, -0.05) is 13.3 Å². The third-order valence-electron chi connectivity index (χ3n) is 2.20. The molecule has 0 aromatic rings. The second kappa shape index (κ2) is 4.90. The Morgan fingerprint density at radius 1 is 1.77 bits per heavy atom. The molecule has 0 saturated heterocycles. The van der Waals surface area contributed by atoms with Crippen LogP contribution in [0.4, 0.5) is 0 Å². The predicted molar refractivity (Wildman–Crippen MR) is 49.1 cm³/mol. The fraction of sp³-hybridized carbons (Fsp3) is 0.700. The normalized spacial score (nSPS) is 21.7. The Kier molecular flexibility index (Phi) is 3.80. The van der Waals surface area contributed by atoms with Gasteiger partial charge >= 0.3 is 5.97 Å². The maximum atomic E-state index is 11.1. The van der Waals surface area contributed by atoms with Crippen molar-refractivity contribution >= 4 is 5.97 Å². The van der Waals surface area contributed by atoms with Gasteiger partial charge in [0.25, 0.3) is 0 Å². The van der Waals surface area contributed by atoms with Crippen molar-refractivity contribution in [2.75, 3.05) is 7.11 Å².